The number of hydrogen-bond acceptors (Lipinski definition) is 2. The molecule has 0 saturated carbocycles. The maximum absolute atomic E-state index is 12.1. The van der Waals surface area contributed by atoms with Crippen LogP contribution in [0.5, 0.6) is 0 Å². The van der Waals surface area contributed by atoms with Gasteiger partial charge < -0.3 is 5.32 Å². The highest BCUT2D eigenvalue weighted by Crippen LogP contribution is 2.24. The average Bonchev–Trinajstić information content (AvgIpc) is 2.55. The topological polar surface area (TPSA) is 29.1 Å². The minimum absolute atomic E-state index is 0.0565. The molecule has 0 spiro atoms. The zero-order chi connectivity index (χ0) is 16.7. The molecule has 0 aliphatic heterocycles. The second-order valence-electron chi connectivity index (χ2n) is 5.24. The molecule has 0 aromatic heterocycles. The summed E-state index contributed by atoms with van der Waals surface area (Å²) in [6.45, 7) is 2.58. The first-order valence-electron chi connectivity index (χ1n) is 7.49. The molecule has 2 aromatic rings. The molecule has 0 unspecified atom stereocenters. The summed E-state index contributed by atoms with van der Waals surface area (Å²) in [7, 11) is 0. The number of amides is 1. The first-order valence-corrected chi connectivity index (χ1v) is 9.12. The third kappa shape index (κ3) is 6.46. The Morgan fingerprint density at radius 1 is 1.04 bits per heavy atom. The summed E-state index contributed by atoms with van der Waals surface area (Å²) in [5, 5.41) is 4.30. The predicted molar refractivity (Wildman–Crippen MR) is 99.6 cm³/mol. The number of hydrogen-bond donors (Lipinski definition) is 1. The van der Waals surface area contributed by atoms with Gasteiger partial charge in [-0.15, -0.1) is 11.8 Å². The number of aryl methyl sites for hydroxylation is 1. The fourth-order valence-corrected chi connectivity index (χ4v) is 3.21. The van der Waals surface area contributed by atoms with Gasteiger partial charge in [0.25, 0.3) is 0 Å². The Morgan fingerprint density at radius 3 is 2.22 bits per heavy atom. The van der Waals surface area contributed by atoms with Crippen molar-refractivity contribution in [3.63, 3.8) is 0 Å². The number of halogens is 2. The van der Waals surface area contributed by atoms with Gasteiger partial charge in [-0.3, -0.25) is 4.79 Å². The molecule has 1 N–H and O–H groups in total. The molecule has 2 aromatic carbocycles. The molecule has 0 aliphatic rings. The quantitative estimate of drug-likeness (QED) is 0.536. The van der Waals surface area contributed by atoms with E-state index in [0.717, 1.165) is 22.8 Å². The second-order valence-corrected chi connectivity index (χ2v) is 7.52. The van der Waals surface area contributed by atoms with Gasteiger partial charge in [-0.25, -0.2) is 0 Å². The average molecular weight is 368 g/mol. The first kappa shape index (κ1) is 18.2. The Balaban J connectivity index is 1.69. The maximum Gasteiger partial charge on any atom is 0.233 e. The lowest BCUT2D eigenvalue weighted by Crippen LogP contribution is -2.31. The number of thioether (sulfide) groups is 1. The van der Waals surface area contributed by atoms with Crippen molar-refractivity contribution in [3.8, 4) is 0 Å². The number of carbonyl (C=O) groups excluding carboxylic acids is 1. The standard InChI is InChI=1S/C18H19Cl2NOS/c1-13(23-17-10-8-16(20)9-11-17)18(22)21-12-2-3-14-4-6-15(19)7-5-14/h4-11,13H,2-3,12H2,1H3,(H,21,22)/t13-/m1/s1. The zero-order valence-corrected chi connectivity index (χ0v) is 15.2. The van der Waals surface area contributed by atoms with Crippen LogP contribution in [-0.4, -0.2) is 17.7 Å². The van der Waals surface area contributed by atoms with E-state index in [9.17, 15) is 4.79 Å². The Bertz CT molecular complexity index is 628. The molecule has 0 heterocycles. The van der Waals surface area contributed by atoms with E-state index in [4.69, 9.17) is 23.2 Å². The molecule has 0 fully saturated rings. The summed E-state index contributed by atoms with van der Waals surface area (Å²) < 4.78 is 0. The lowest BCUT2D eigenvalue weighted by molar-refractivity contribution is -0.120. The summed E-state index contributed by atoms with van der Waals surface area (Å²) in [5.74, 6) is 0.0565. The van der Waals surface area contributed by atoms with Crippen molar-refractivity contribution in [3.05, 3.63) is 64.1 Å². The number of rotatable bonds is 7. The third-order valence-corrected chi connectivity index (χ3v) is 4.97. The minimum atomic E-state index is -0.133. The van der Waals surface area contributed by atoms with Gasteiger partial charge in [0.15, 0.2) is 0 Å². The van der Waals surface area contributed by atoms with E-state index in [1.165, 1.54) is 17.3 Å². The van der Waals surface area contributed by atoms with Crippen LogP contribution in [-0.2, 0) is 11.2 Å². The van der Waals surface area contributed by atoms with Crippen molar-refractivity contribution in [2.75, 3.05) is 6.54 Å². The molecular formula is C18H19Cl2NOS. The molecule has 1 atom stereocenters. The van der Waals surface area contributed by atoms with Gasteiger partial charge in [-0.1, -0.05) is 35.3 Å². The Kier molecular flexibility index (Phi) is 7.28. The van der Waals surface area contributed by atoms with Gasteiger partial charge in [0, 0.05) is 21.5 Å². The first-order chi connectivity index (χ1) is 11.0. The highest BCUT2D eigenvalue weighted by Gasteiger charge is 2.13. The molecule has 0 saturated heterocycles. The summed E-state index contributed by atoms with van der Waals surface area (Å²) in [6, 6.07) is 15.3. The minimum Gasteiger partial charge on any atom is -0.355 e. The van der Waals surface area contributed by atoms with Gasteiger partial charge in [-0.2, -0.15) is 0 Å². The molecule has 1 amide bonds. The van der Waals surface area contributed by atoms with Crippen molar-refractivity contribution in [1.29, 1.82) is 0 Å². The summed E-state index contributed by atoms with van der Waals surface area (Å²) in [5.41, 5.74) is 1.23. The SMILES string of the molecule is C[C@@H](Sc1ccc(Cl)cc1)C(=O)NCCCc1ccc(Cl)cc1. The monoisotopic (exact) mass is 367 g/mol. The maximum atomic E-state index is 12.1. The molecule has 0 bridgehead atoms. The molecule has 2 rings (SSSR count). The second kappa shape index (κ2) is 9.21. The molecule has 122 valence electrons. The van der Waals surface area contributed by atoms with Crippen LogP contribution >= 0.6 is 35.0 Å². The smallest absolute Gasteiger partial charge is 0.233 e. The van der Waals surface area contributed by atoms with Crippen molar-refractivity contribution in [1.82, 2.24) is 5.32 Å². The van der Waals surface area contributed by atoms with Crippen LogP contribution < -0.4 is 5.32 Å². The lowest BCUT2D eigenvalue weighted by Gasteiger charge is -2.12. The van der Waals surface area contributed by atoms with Crippen molar-refractivity contribution in [2.24, 2.45) is 0 Å². The number of nitrogens with one attached hydrogen (secondary N) is 1. The van der Waals surface area contributed by atoms with E-state index in [2.05, 4.69) is 5.32 Å². The molecule has 2 nitrogen and oxygen atoms in total. The van der Waals surface area contributed by atoms with E-state index < -0.39 is 0 Å². The van der Waals surface area contributed by atoms with Crippen LogP contribution in [0.15, 0.2) is 53.4 Å². The van der Waals surface area contributed by atoms with E-state index >= 15 is 0 Å². The van der Waals surface area contributed by atoms with Crippen LogP contribution in [0.25, 0.3) is 0 Å². The van der Waals surface area contributed by atoms with E-state index in [-0.39, 0.29) is 11.2 Å². The normalized spacial score (nSPS) is 12.0. The van der Waals surface area contributed by atoms with Gasteiger partial charge in [0.1, 0.15) is 0 Å². The fraction of sp³-hybridized carbons (Fsp3) is 0.278. The number of carbonyl (C=O) groups is 1. The van der Waals surface area contributed by atoms with Crippen molar-refractivity contribution < 1.29 is 4.79 Å². The van der Waals surface area contributed by atoms with Crippen molar-refractivity contribution >= 4 is 40.9 Å². The van der Waals surface area contributed by atoms with E-state index in [1.807, 2.05) is 55.5 Å². The number of benzene rings is 2. The third-order valence-electron chi connectivity index (χ3n) is 3.35. The highest BCUT2D eigenvalue weighted by atomic mass is 35.5. The van der Waals surface area contributed by atoms with E-state index in [1.54, 1.807) is 0 Å². The van der Waals surface area contributed by atoms with Crippen molar-refractivity contribution in [2.45, 2.75) is 29.9 Å². The van der Waals surface area contributed by atoms with Crippen LogP contribution in [0.2, 0.25) is 10.0 Å². The van der Waals surface area contributed by atoms with Crippen LogP contribution in [0.1, 0.15) is 18.9 Å². The molecule has 5 heteroatoms. The lowest BCUT2D eigenvalue weighted by atomic mass is 10.1. The van der Waals surface area contributed by atoms with Gasteiger partial charge in [0.2, 0.25) is 5.91 Å². The van der Waals surface area contributed by atoms with Gasteiger partial charge in [0.05, 0.1) is 5.25 Å². The zero-order valence-electron chi connectivity index (χ0n) is 12.9. The molecule has 0 aliphatic carbocycles. The summed E-state index contributed by atoms with van der Waals surface area (Å²) in [4.78, 5) is 13.1. The molecule has 23 heavy (non-hydrogen) atoms. The Hall–Kier alpha value is -1.16. The van der Waals surface area contributed by atoms with Gasteiger partial charge >= 0.3 is 0 Å². The van der Waals surface area contributed by atoms with Gasteiger partial charge in [-0.05, 0) is 61.7 Å². The summed E-state index contributed by atoms with van der Waals surface area (Å²) in [6.07, 6.45) is 1.84. The van der Waals surface area contributed by atoms with Crippen LogP contribution in [0, 0.1) is 0 Å². The highest BCUT2D eigenvalue weighted by molar-refractivity contribution is 8.00. The van der Waals surface area contributed by atoms with Crippen LogP contribution in [0.3, 0.4) is 0 Å². The molecule has 0 radical (unpaired) electrons. The van der Waals surface area contributed by atoms with Crippen LogP contribution in [0.4, 0.5) is 0 Å². The molecular weight excluding hydrogens is 349 g/mol. The Morgan fingerprint density at radius 2 is 1.61 bits per heavy atom. The van der Waals surface area contributed by atoms with E-state index in [0.29, 0.717) is 11.6 Å². The largest absolute Gasteiger partial charge is 0.355 e. The Labute approximate surface area is 151 Å². The summed E-state index contributed by atoms with van der Waals surface area (Å²) >= 11 is 13.2. The fourth-order valence-electron chi connectivity index (χ4n) is 2.07. The predicted octanol–water partition coefficient (Wildman–Crippen LogP) is 5.22.